The van der Waals surface area contributed by atoms with Crippen molar-refractivity contribution >= 4 is 12.4 Å². The third-order valence-electron chi connectivity index (χ3n) is 3.09. The molecule has 1 aliphatic rings. The number of halogens is 4. The number of morpholine rings is 1. The predicted molar refractivity (Wildman–Crippen MR) is 73.5 cm³/mol. The molecule has 3 rings (SSSR count). The summed E-state index contributed by atoms with van der Waals surface area (Å²) in [6.45, 7) is 1.79. The van der Waals surface area contributed by atoms with Gasteiger partial charge in [-0.2, -0.15) is 18.2 Å². The first kappa shape index (κ1) is 16.7. The Morgan fingerprint density at radius 2 is 2.09 bits per heavy atom. The van der Waals surface area contributed by atoms with Crippen LogP contribution in [0, 0.1) is 0 Å². The van der Waals surface area contributed by atoms with Gasteiger partial charge in [0, 0.05) is 18.7 Å². The summed E-state index contributed by atoms with van der Waals surface area (Å²) in [4.78, 5) is 4.12. The number of alkyl halides is 3. The van der Waals surface area contributed by atoms with Crippen LogP contribution in [0.2, 0.25) is 0 Å². The largest absolute Gasteiger partial charge is 0.416 e. The van der Waals surface area contributed by atoms with E-state index in [0.717, 1.165) is 18.7 Å². The molecule has 0 unspecified atom stereocenters. The quantitative estimate of drug-likeness (QED) is 0.914. The van der Waals surface area contributed by atoms with Crippen LogP contribution < -0.4 is 5.32 Å². The first-order valence-corrected chi connectivity index (χ1v) is 6.37. The Hall–Kier alpha value is -1.64. The van der Waals surface area contributed by atoms with E-state index in [9.17, 15) is 13.2 Å². The number of rotatable bonds is 2. The van der Waals surface area contributed by atoms with E-state index in [2.05, 4.69) is 15.5 Å². The van der Waals surface area contributed by atoms with E-state index < -0.39 is 11.7 Å². The fourth-order valence-electron chi connectivity index (χ4n) is 2.04. The van der Waals surface area contributed by atoms with E-state index in [0.29, 0.717) is 13.2 Å². The van der Waals surface area contributed by atoms with Crippen molar-refractivity contribution in [2.45, 2.75) is 12.3 Å². The molecule has 0 radical (unpaired) electrons. The third kappa shape index (κ3) is 3.57. The maximum absolute atomic E-state index is 12.7. The summed E-state index contributed by atoms with van der Waals surface area (Å²) in [5.41, 5.74) is -0.495. The molecule has 1 aromatic heterocycles. The van der Waals surface area contributed by atoms with Gasteiger partial charge in [-0.1, -0.05) is 17.3 Å². The van der Waals surface area contributed by atoms with E-state index in [-0.39, 0.29) is 35.8 Å². The standard InChI is InChI=1S/C13H12F3N3O2.ClH/c14-13(15,16)9-3-1-2-8(6-9)11-18-12(21-19-11)10-7-17-4-5-20-10;/h1-3,6,10,17H,4-5,7H2;1H/t10-;/m1./s1. The van der Waals surface area contributed by atoms with E-state index in [1.54, 1.807) is 0 Å². The molecule has 1 aliphatic heterocycles. The first-order valence-electron chi connectivity index (χ1n) is 6.37. The summed E-state index contributed by atoms with van der Waals surface area (Å²) in [7, 11) is 0. The van der Waals surface area contributed by atoms with Crippen LogP contribution in [-0.4, -0.2) is 29.8 Å². The van der Waals surface area contributed by atoms with Gasteiger partial charge in [0.15, 0.2) is 0 Å². The fraction of sp³-hybridized carbons (Fsp3) is 0.385. The summed E-state index contributed by atoms with van der Waals surface area (Å²) in [5.74, 6) is 0.375. The maximum Gasteiger partial charge on any atom is 0.416 e. The van der Waals surface area contributed by atoms with Crippen LogP contribution in [0.4, 0.5) is 13.2 Å². The minimum Gasteiger partial charge on any atom is -0.366 e. The lowest BCUT2D eigenvalue weighted by atomic mass is 10.1. The Morgan fingerprint density at radius 3 is 2.77 bits per heavy atom. The van der Waals surface area contributed by atoms with Gasteiger partial charge in [-0.05, 0) is 12.1 Å². The second kappa shape index (κ2) is 6.64. The van der Waals surface area contributed by atoms with Gasteiger partial charge in [0.05, 0.1) is 12.2 Å². The van der Waals surface area contributed by atoms with Crippen molar-refractivity contribution in [3.05, 3.63) is 35.7 Å². The second-order valence-electron chi connectivity index (χ2n) is 4.60. The molecular weight excluding hydrogens is 323 g/mol. The molecule has 1 atom stereocenters. The Bertz CT molecular complexity index is 627. The molecule has 1 fully saturated rings. The van der Waals surface area contributed by atoms with E-state index in [1.807, 2.05) is 0 Å². The molecule has 120 valence electrons. The van der Waals surface area contributed by atoms with Gasteiger partial charge in [-0.3, -0.25) is 0 Å². The van der Waals surface area contributed by atoms with Crippen LogP contribution in [0.1, 0.15) is 17.6 Å². The second-order valence-corrected chi connectivity index (χ2v) is 4.60. The van der Waals surface area contributed by atoms with Gasteiger partial charge in [-0.25, -0.2) is 0 Å². The van der Waals surface area contributed by atoms with Crippen molar-refractivity contribution < 1.29 is 22.4 Å². The number of ether oxygens (including phenoxy) is 1. The van der Waals surface area contributed by atoms with Crippen molar-refractivity contribution in [2.24, 2.45) is 0 Å². The third-order valence-corrected chi connectivity index (χ3v) is 3.09. The van der Waals surface area contributed by atoms with Crippen LogP contribution in [0.15, 0.2) is 28.8 Å². The lowest BCUT2D eigenvalue weighted by Gasteiger charge is -2.19. The molecule has 9 heteroatoms. The first-order chi connectivity index (χ1) is 10.0. The average Bonchev–Trinajstić information content (AvgIpc) is 2.97. The SMILES string of the molecule is Cl.FC(F)(F)c1cccc(-c2noc([C@H]3CNCCO3)n2)c1. The number of hydrogen-bond acceptors (Lipinski definition) is 5. The highest BCUT2D eigenvalue weighted by Gasteiger charge is 2.31. The Labute approximate surface area is 130 Å². The molecule has 1 saturated heterocycles. The zero-order valence-corrected chi connectivity index (χ0v) is 12.1. The van der Waals surface area contributed by atoms with Crippen molar-refractivity contribution in [3.63, 3.8) is 0 Å². The predicted octanol–water partition coefficient (Wildman–Crippen LogP) is 2.84. The average molecular weight is 336 g/mol. The summed E-state index contributed by atoms with van der Waals surface area (Å²) >= 11 is 0. The van der Waals surface area contributed by atoms with Gasteiger partial charge in [-0.15, -0.1) is 12.4 Å². The van der Waals surface area contributed by atoms with Crippen LogP contribution in [-0.2, 0) is 10.9 Å². The van der Waals surface area contributed by atoms with Crippen LogP contribution in [0.25, 0.3) is 11.4 Å². The van der Waals surface area contributed by atoms with Gasteiger partial charge < -0.3 is 14.6 Å². The topological polar surface area (TPSA) is 60.2 Å². The molecule has 0 bridgehead atoms. The van der Waals surface area contributed by atoms with Crippen LogP contribution in [0.3, 0.4) is 0 Å². The lowest BCUT2D eigenvalue weighted by molar-refractivity contribution is -0.137. The number of benzene rings is 1. The smallest absolute Gasteiger partial charge is 0.366 e. The van der Waals surface area contributed by atoms with E-state index >= 15 is 0 Å². The van der Waals surface area contributed by atoms with Crippen molar-refractivity contribution in [1.82, 2.24) is 15.5 Å². The Balaban J connectivity index is 0.00000176. The molecular formula is C13H13ClF3N3O2. The van der Waals surface area contributed by atoms with Crippen molar-refractivity contribution in [1.29, 1.82) is 0 Å². The van der Waals surface area contributed by atoms with Gasteiger partial charge in [0.1, 0.15) is 6.10 Å². The fourth-order valence-corrected chi connectivity index (χ4v) is 2.04. The zero-order valence-electron chi connectivity index (χ0n) is 11.3. The van der Waals surface area contributed by atoms with Gasteiger partial charge >= 0.3 is 6.18 Å². The maximum atomic E-state index is 12.7. The van der Waals surface area contributed by atoms with E-state index in [1.165, 1.54) is 12.1 Å². The highest BCUT2D eigenvalue weighted by atomic mass is 35.5. The van der Waals surface area contributed by atoms with Crippen molar-refractivity contribution in [2.75, 3.05) is 19.7 Å². The van der Waals surface area contributed by atoms with Crippen LogP contribution in [0.5, 0.6) is 0 Å². The zero-order chi connectivity index (χ0) is 14.9. The molecule has 5 nitrogen and oxygen atoms in total. The lowest BCUT2D eigenvalue weighted by Crippen LogP contribution is -2.33. The molecule has 22 heavy (non-hydrogen) atoms. The highest BCUT2D eigenvalue weighted by molar-refractivity contribution is 5.85. The highest BCUT2D eigenvalue weighted by Crippen LogP contribution is 2.31. The Morgan fingerprint density at radius 1 is 1.27 bits per heavy atom. The molecule has 0 amide bonds. The summed E-state index contributed by atoms with van der Waals surface area (Å²) in [6, 6.07) is 4.81. The number of nitrogens with zero attached hydrogens (tertiary/aromatic N) is 2. The van der Waals surface area contributed by atoms with Crippen LogP contribution >= 0.6 is 12.4 Å². The molecule has 0 saturated carbocycles. The summed E-state index contributed by atoms with van der Waals surface area (Å²) in [5, 5.41) is 6.83. The number of hydrogen-bond donors (Lipinski definition) is 1. The van der Waals surface area contributed by atoms with E-state index in [4.69, 9.17) is 9.26 Å². The van der Waals surface area contributed by atoms with Gasteiger partial charge in [0.25, 0.3) is 5.89 Å². The summed E-state index contributed by atoms with van der Waals surface area (Å²) in [6.07, 6.45) is -4.77. The van der Waals surface area contributed by atoms with Crippen molar-refractivity contribution in [3.8, 4) is 11.4 Å². The monoisotopic (exact) mass is 335 g/mol. The normalized spacial score (nSPS) is 18.8. The summed E-state index contributed by atoms with van der Waals surface area (Å²) < 4.78 is 48.6. The number of nitrogens with one attached hydrogen (secondary N) is 1. The van der Waals surface area contributed by atoms with Gasteiger partial charge in [0.2, 0.25) is 5.82 Å². The molecule has 1 N–H and O–H groups in total. The minimum absolute atomic E-state index is 0. The Kier molecular flexibility index (Phi) is 5.05. The number of aromatic nitrogens is 2. The molecule has 0 spiro atoms. The minimum atomic E-state index is -4.40. The molecule has 2 aromatic rings. The molecule has 1 aromatic carbocycles. The molecule has 2 heterocycles. The molecule has 0 aliphatic carbocycles.